The highest BCUT2D eigenvalue weighted by atomic mass is 16.5. The second-order valence-electron chi connectivity index (χ2n) is 8.28. The molecule has 1 aliphatic heterocycles. The lowest BCUT2D eigenvalue weighted by molar-refractivity contribution is -0.121. The van der Waals surface area contributed by atoms with Gasteiger partial charge in [-0.25, -0.2) is 0 Å². The normalized spacial score (nSPS) is 12.7. The zero-order valence-corrected chi connectivity index (χ0v) is 19.2. The minimum atomic E-state index is -0.195. The van der Waals surface area contributed by atoms with E-state index in [2.05, 4.69) is 5.32 Å². The molecule has 4 rings (SSSR count). The lowest BCUT2D eigenvalue weighted by Crippen LogP contribution is -2.39. The van der Waals surface area contributed by atoms with Crippen LogP contribution in [0.1, 0.15) is 33.5 Å². The van der Waals surface area contributed by atoms with Crippen molar-refractivity contribution in [2.45, 2.75) is 27.2 Å². The first-order valence-corrected chi connectivity index (χ1v) is 11.1. The van der Waals surface area contributed by atoms with Gasteiger partial charge in [-0.15, -0.1) is 0 Å². The van der Waals surface area contributed by atoms with Gasteiger partial charge in [0, 0.05) is 17.8 Å². The van der Waals surface area contributed by atoms with Crippen molar-refractivity contribution >= 4 is 23.2 Å². The van der Waals surface area contributed by atoms with Gasteiger partial charge in [0.25, 0.3) is 11.8 Å². The maximum Gasteiger partial charge on any atom is 0.265 e. The van der Waals surface area contributed by atoms with E-state index in [0.717, 1.165) is 16.9 Å². The summed E-state index contributed by atoms with van der Waals surface area (Å²) in [7, 11) is 0. The third-order valence-corrected chi connectivity index (χ3v) is 5.74. The third-order valence-electron chi connectivity index (χ3n) is 5.74. The number of fused-ring (bicyclic) bond motifs is 1. The van der Waals surface area contributed by atoms with Crippen molar-refractivity contribution in [3.05, 3.63) is 82.9 Å². The number of ether oxygens (including phenoxy) is 2. The summed E-state index contributed by atoms with van der Waals surface area (Å²) in [5.41, 5.74) is 5.23. The van der Waals surface area contributed by atoms with Gasteiger partial charge in [0.2, 0.25) is 0 Å². The van der Waals surface area contributed by atoms with Crippen LogP contribution in [0.4, 0.5) is 11.4 Å². The van der Waals surface area contributed by atoms with Crippen LogP contribution in [-0.2, 0) is 4.79 Å². The molecule has 6 heteroatoms. The highest BCUT2D eigenvalue weighted by Gasteiger charge is 2.25. The van der Waals surface area contributed by atoms with E-state index in [4.69, 9.17) is 9.47 Å². The second kappa shape index (κ2) is 9.77. The van der Waals surface area contributed by atoms with Gasteiger partial charge >= 0.3 is 0 Å². The Labute approximate surface area is 194 Å². The Balaban J connectivity index is 1.42. The van der Waals surface area contributed by atoms with Crippen molar-refractivity contribution < 1.29 is 19.1 Å². The number of hydrogen-bond donors (Lipinski definition) is 1. The number of amides is 2. The highest BCUT2D eigenvalue weighted by molar-refractivity contribution is 6.05. The summed E-state index contributed by atoms with van der Waals surface area (Å²) in [4.78, 5) is 27.0. The Morgan fingerprint density at radius 1 is 1.00 bits per heavy atom. The zero-order chi connectivity index (χ0) is 23.4. The van der Waals surface area contributed by atoms with Crippen LogP contribution in [0.2, 0.25) is 0 Å². The smallest absolute Gasteiger partial charge is 0.265 e. The number of benzene rings is 3. The number of nitrogens with zero attached hydrogens (tertiary/aromatic N) is 1. The van der Waals surface area contributed by atoms with Crippen LogP contribution >= 0.6 is 0 Å². The fourth-order valence-electron chi connectivity index (χ4n) is 3.66. The Bertz CT molecular complexity index is 1170. The van der Waals surface area contributed by atoms with Crippen molar-refractivity contribution in [1.82, 2.24) is 0 Å². The fourth-order valence-corrected chi connectivity index (χ4v) is 3.66. The van der Waals surface area contributed by atoms with Crippen molar-refractivity contribution in [2.75, 3.05) is 30.0 Å². The Morgan fingerprint density at radius 2 is 1.79 bits per heavy atom. The summed E-state index contributed by atoms with van der Waals surface area (Å²) in [5.74, 6) is 1.12. The molecule has 1 N–H and O–H groups in total. The van der Waals surface area contributed by atoms with Crippen LogP contribution in [0.5, 0.6) is 11.5 Å². The van der Waals surface area contributed by atoms with Gasteiger partial charge in [0.1, 0.15) is 11.5 Å². The molecule has 0 aliphatic carbocycles. The van der Waals surface area contributed by atoms with E-state index in [0.29, 0.717) is 42.3 Å². The molecule has 2 amide bonds. The number of hydrogen-bond acceptors (Lipinski definition) is 4. The summed E-state index contributed by atoms with van der Waals surface area (Å²) >= 11 is 0. The minimum absolute atomic E-state index is 0.000167. The number of anilines is 2. The first kappa shape index (κ1) is 22.4. The predicted molar refractivity (Wildman–Crippen MR) is 129 cm³/mol. The SMILES string of the molecule is Cc1ccc(OCCCN2C(=O)COc3ccc(NC(=O)c4ccc(C)c(C)c4)cc32)cc1. The summed E-state index contributed by atoms with van der Waals surface area (Å²) in [6, 6.07) is 18.9. The zero-order valence-electron chi connectivity index (χ0n) is 19.2. The molecule has 0 spiro atoms. The summed E-state index contributed by atoms with van der Waals surface area (Å²) < 4.78 is 11.4. The average Bonchev–Trinajstić information content (AvgIpc) is 2.80. The molecule has 170 valence electrons. The maximum atomic E-state index is 12.7. The van der Waals surface area contributed by atoms with E-state index in [-0.39, 0.29) is 18.4 Å². The first-order valence-electron chi connectivity index (χ1n) is 11.1. The molecule has 0 atom stereocenters. The van der Waals surface area contributed by atoms with Gasteiger partial charge in [-0.05, 0) is 80.8 Å². The van der Waals surface area contributed by atoms with Crippen LogP contribution in [0.3, 0.4) is 0 Å². The van der Waals surface area contributed by atoms with Crippen molar-refractivity contribution in [1.29, 1.82) is 0 Å². The number of carbonyl (C=O) groups is 2. The van der Waals surface area contributed by atoms with Gasteiger partial charge in [0.15, 0.2) is 6.61 Å². The van der Waals surface area contributed by atoms with Gasteiger partial charge in [-0.1, -0.05) is 23.8 Å². The topological polar surface area (TPSA) is 67.9 Å². The molecular weight excluding hydrogens is 416 g/mol. The van der Waals surface area contributed by atoms with Gasteiger partial charge in [-0.2, -0.15) is 0 Å². The van der Waals surface area contributed by atoms with Crippen LogP contribution in [0.25, 0.3) is 0 Å². The molecule has 0 aromatic heterocycles. The van der Waals surface area contributed by atoms with E-state index in [1.165, 1.54) is 5.56 Å². The molecule has 0 fully saturated rings. The van der Waals surface area contributed by atoms with Crippen LogP contribution < -0.4 is 19.7 Å². The maximum absolute atomic E-state index is 12.7. The van der Waals surface area contributed by atoms with E-state index in [1.54, 1.807) is 23.1 Å². The largest absolute Gasteiger partial charge is 0.494 e. The van der Waals surface area contributed by atoms with E-state index in [9.17, 15) is 9.59 Å². The molecule has 0 saturated carbocycles. The van der Waals surface area contributed by atoms with Crippen LogP contribution in [0.15, 0.2) is 60.7 Å². The predicted octanol–water partition coefficient (Wildman–Crippen LogP) is 5.06. The molecule has 0 saturated heterocycles. The van der Waals surface area contributed by atoms with E-state index in [1.807, 2.05) is 63.2 Å². The monoisotopic (exact) mass is 444 g/mol. The molecular formula is C27H28N2O4. The highest BCUT2D eigenvalue weighted by Crippen LogP contribution is 2.35. The lowest BCUT2D eigenvalue weighted by atomic mass is 10.1. The molecule has 3 aromatic rings. The molecule has 3 aromatic carbocycles. The summed E-state index contributed by atoms with van der Waals surface area (Å²) in [6.07, 6.45) is 0.665. The molecule has 33 heavy (non-hydrogen) atoms. The van der Waals surface area contributed by atoms with Crippen LogP contribution in [-0.4, -0.2) is 31.6 Å². The Kier molecular flexibility index (Phi) is 6.63. The summed E-state index contributed by atoms with van der Waals surface area (Å²) in [6.45, 7) is 7.01. The average molecular weight is 445 g/mol. The molecule has 0 bridgehead atoms. The quantitative estimate of drug-likeness (QED) is 0.518. The minimum Gasteiger partial charge on any atom is -0.494 e. The van der Waals surface area contributed by atoms with Crippen molar-refractivity contribution in [3.63, 3.8) is 0 Å². The first-order chi connectivity index (χ1) is 15.9. The van der Waals surface area contributed by atoms with Crippen molar-refractivity contribution in [3.8, 4) is 11.5 Å². The number of carbonyl (C=O) groups excluding carboxylic acids is 2. The Morgan fingerprint density at radius 3 is 2.55 bits per heavy atom. The lowest BCUT2D eigenvalue weighted by Gasteiger charge is -2.30. The third kappa shape index (κ3) is 5.34. The molecule has 0 radical (unpaired) electrons. The molecule has 1 heterocycles. The number of aryl methyl sites for hydroxylation is 3. The fraction of sp³-hybridized carbons (Fsp3) is 0.259. The molecule has 1 aliphatic rings. The number of nitrogens with one attached hydrogen (secondary N) is 1. The van der Waals surface area contributed by atoms with Gasteiger partial charge in [-0.3, -0.25) is 9.59 Å². The van der Waals surface area contributed by atoms with Crippen LogP contribution in [0, 0.1) is 20.8 Å². The second-order valence-corrected chi connectivity index (χ2v) is 8.28. The Hall–Kier alpha value is -3.80. The standard InChI is InChI=1S/C27H28N2O4/c1-18-5-10-23(11-6-18)32-14-4-13-29-24-16-22(9-12-25(24)33-17-26(29)30)28-27(31)21-8-7-19(2)20(3)15-21/h5-12,15-16H,4,13-14,17H2,1-3H3,(H,28,31). The molecule has 6 nitrogen and oxygen atoms in total. The van der Waals surface area contributed by atoms with E-state index < -0.39 is 0 Å². The van der Waals surface area contributed by atoms with Gasteiger partial charge < -0.3 is 19.7 Å². The van der Waals surface area contributed by atoms with E-state index >= 15 is 0 Å². The molecule has 0 unspecified atom stereocenters. The van der Waals surface area contributed by atoms with Crippen molar-refractivity contribution in [2.24, 2.45) is 0 Å². The number of rotatable bonds is 7. The van der Waals surface area contributed by atoms with Gasteiger partial charge in [0.05, 0.1) is 12.3 Å². The summed E-state index contributed by atoms with van der Waals surface area (Å²) in [5, 5.41) is 2.93.